The first-order valence-electron chi connectivity index (χ1n) is 6.51. The molecule has 20 heavy (non-hydrogen) atoms. The minimum absolute atomic E-state index is 0.197. The van der Waals surface area contributed by atoms with Gasteiger partial charge in [-0.1, -0.05) is 23.2 Å². The average molecular weight is 323 g/mol. The van der Waals surface area contributed by atoms with E-state index in [9.17, 15) is 0 Å². The van der Waals surface area contributed by atoms with E-state index in [-0.39, 0.29) is 6.04 Å². The van der Waals surface area contributed by atoms with Crippen LogP contribution in [-0.2, 0) is 6.42 Å². The number of rotatable bonds is 1. The van der Waals surface area contributed by atoms with Gasteiger partial charge in [0.25, 0.3) is 0 Å². The molecule has 0 aliphatic carbocycles. The molecule has 3 aromatic rings. The standard InChI is InChI=1S/C15H12Cl2N2S/c16-8-1-2-11-10(7-8)9-5-6-18-15(14(9)19-11)12-3-4-13(17)20-12/h1-4,7,15,18-19H,5-6H2. The lowest BCUT2D eigenvalue weighted by Crippen LogP contribution is -2.29. The molecule has 4 rings (SSSR count). The molecule has 0 fully saturated rings. The van der Waals surface area contributed by atoms with Crippen LogP contribution in [0.25, 0.3) is 10.9 Å². The maximum atomic E-state index is 6.13. The van der Waals surface area contributed by atoms with Crippen molar-refractivity contribution in [2.24, 2.45) is 0 Å². The number of hydrogen-bond donors (Lipinski definition) is 2. The molecule has 1 aromatic carbocycles. The third-order valence-corrected chi connectivity index (χ3v) is 5.32. The number of halogens is 2. The fourth-order valence-corrected chi connectivity index (χ4v) is 4.25. The predicted octanol–water partition coefficient (Wildman–Crippen LogP) is 4.77. The molecule has 1 atom stereocenters. The minimum atomic E-state index is 0.197. The highest BCUT2D eigenvalue weighted by molar-refractivity contribution is 7.16. The van der Waals surface area contributed by atoms with Crippen molar-refractivity contribution in [3.63, 3.8) is 0 Å². The Kier molecular flexibility index (Phi) is 3.04. The highest BCUT2D eigenvalue weighted by atomic mass is 35.5. The van der Waals surface area contributed by atoms with Gasteiger partial charge in [0.2, 0.25) is 0 Å². The molecule has 102 valence electrons. The van der Waals surface area contributed by atoms with Gasteiger partial charge in [0, 0.05) is 33.0 Å². The second-order valence-electron chi connectivity index (χ2n) is 4.99. The molecule has 0 spiro atoms. The molecular formula is C15H12Cl2N2S. The van der Waals surface area contributed by atoms with Crippen LogP contribution in [0.15, 0.2) is 30.3 Å². The topological polar surface area (TPSA) is 27.8 Å². The SMILES string of the molecule is Clc1ccc2[nH]c3c(c2c1)CCNC3c1ccc(Cl)s1. The third kappa shape index (κ3) is 1.97. The van der Waals surface area contributed by atoms with Gasteiger partial charge in [0.15, 0.2) is 0 Å². The number of benzene rings is 1. The Morgan fingerprint density at radius 2 is 2.05 bits per heavy atom. The van der Waals surface area contributed by atoms with E-state index in [4.69, 9.17) is 23.2 Å². The molecule has 2 aromatic heterocycles. The van der Waals surface area contributed by atoms with Crippen molar-refractivity contribution in [1.29, 1.82) is 0 Å². The van der Waals surface area contributed by atoms with Crippen LogP contribution in [0.2, 0.25) is 9.36 Å². The number of hydrogen-bond acceptors (Lipinski definition) is 2. The van der Waals surface area contributed by atoms with Crippen LogP contribution in [0.1, 0.15) is 22.2 Å². The van der Waals surface area contributed by atoms with Crippen LogP contribution < -0.4 is 5.32 Å². The van der Waals surface area contributed by atoms with E-state index in [1.807, 2.05) is 12.1 Å². The molecule has 3 heterocycles. The molecule has 0 bridgehead atoms. The van der Waals surface area contributed by atoms with E-state index >= 15 is 0 Å². The Labute approximate surface area is 130 Å². The Morgan fingerprint density at radius 1 is 1.15 bits per heavy atom. The maximum absolute atomic E-state index is 6.13. The first-order chi connectivity index (χ1) is 9.72. The number of H-pyrrole nitrogens is 1. The summed E-state index contributed by atoms with van der Waals surface area (Å²) < 4.78 is 0.827. The lowest BCUT2D eigenvalue weighted by molar-refractivity contribution is 0.567. The van der Waals surface area contributed by atoms with E-state index in [0.717, 1.165) is 27.8 Å². The van der Waals surface area contributed by atoms with Gasteiger partial charge in [-0.05, 0) is 42.3 Å². The zero-order valence-electron chi connectivity index (χ0n) is 10.5. The van der Waals surface area contributed by atoms with Crippen molar-refractivity contribution in [3.05, 3.63) is 55.8 Å². The van der Waals surface area contributed by atoms with Crippen LogP contribution >= 0.6 is 34.5 Å². The molecule has 0 saturated heterocycles. The number of aromatic nitrogens is 1. The van der Waals surface area contributed by atoms with Crippen LogP contribution in [0.3, 0.4) is 0 Å². The summed E-state index contributed by atoms with van der Waals surface area (Å²) in [6, 6.07) is 10.3. The molecule has 1 aliphatic heterocycles. The van der Waals surface area contributed by atoms with Crippen molar-refractivity contribution in [1.82, 2.24) is 10.3 Å². The lowest BCUT2D eigenvalue weighted by Gasteiger charge is -2.23. The van der Waals surface area contributed by atoms with Crippen LogP contribution in [0.4, 0.5) is 0 Å². The Hall–Kier alpha value is -1.000. The van der Waals surface area contributed by atoms with Gasteiger partial charge >= 0.3 is 0 Å². The molecule has 5 heteroatoms. The number of thiophene rings is 1. The molecule has 0 amide bonds. The fraction of sp³-hybridized carbons (Fsp3) is 0.200. The van der Waals surface area contributed by atoms with Crippen molar-refractivity contribution in [3.8, 4) is 0 Å². The van der Waals surface area contributed by atoms with Crippen molar-refractivity contribution >= 4 is 45.4 Å². The van der Waals surface area contributed by atoms with Crippen molar-refractivity contribution in [2.75, 3.05) is 6.54 Å². The van der Waals surface area contributed by atoms with Crippen molar-refractivity contribution in [2.45, 2.75) is 12.5 Å². The average Bonchev–Trinajstić information content (AvgIpc) is 3.02. The van der Waals surface area contributed by atoms with Crippen LogP contribution in [-0.4, -0.2) is 11.5 Å². The summed E-state index contributed by atoms with van der Waals surface area (Å²) in [5.41, 5.74) is 3.76. The van der Waals surface area contributed by atoms with Gasteiger partial charge < -0.3 is 10.3 Å². The van der Waals surface area contributed by atoms with Gasteiger partial charge in [-0.15, -0.1) is 11.3 Å². The maximum Gasteiger partial charge on any atom is 0.0931 e. The molecule has 0 saturated carbocycles. The van der Waals surface area contributed by atoms with E-state index in [0.29, 0.717) is 0 Å². The second-order valence-corrected chi connectivity index (χ2v) is 7.17. The fourth-order valence-electron chi connectivity index (χ4n) is 2.93. The number of fused-ring (bicyclic) bond motifs is 3. The molecule has 0 radical (unpaired) electrons. The highest BCUT2D eigenvalue weighted by Gasteiger charge is 2.26. The van der Waals surface area contributed by atoms with Crippen LogP contribution in [0, 0.1) is 0 Å². The smallest absolute Gasteiger partial charge is 0.0931 e. The summed E-state index contributed by atoms with van der Waals surface area (Å²) in [5.74, 6) is 0. The predicted molar refractivity (Wildman–Crippen MR) is 86.2 cm³/mol. The quantitative estimate of drug-likeness (QED) is 0.663. The number of aromatic amines is 1. The lowest BCUT2D eigenvalue weighted by atomic mass is 9.98. The largest absolute Gasteiger partial charge is 0.357 e. The molecule has 1 aliphatic rings. The van der Waals surface area contributed by atoms with E-state index in [2.05, 4.69) is 28.5 Å². The molecular weight excluding hydrogens is 311 g/mol. The zero-order valence-corrected chi connectivity index (χ0v) is 12.9. The summed E-state index contributed by atoms with van der Waals surface area (Å²) in [6.45, 7) is 0.965. The van der Waals surface area contributed by atoms with Crippen molar-refractivity contribution < 1.29 is 0 Å². The summed E-state index contributed by atoms with van der Waals surface area (Å²) in [7, 11) is 0. The first-order valence-corrected chi connectivity index (χ1v) is 8.08. The summed E-state index contributed by atoms with van der Waals surface area (Å²) in [4.78, 5) is 4.79. The number of nitrogens with one attached hydrogen (secondary N) is 2. The Bertz CT molecular complexity index is 790. The van der Waals surface area contributed by atoms with E-state index < -0.39 is 0 Å². The summed E-state index contributed by atoms with van der Waals surface area (Å²) in [6.07, 6.45) is 1.02. The Morgan fingerprint density at radius 3 is 2.85 bits per heavy atom. The third-order valence-electron chi connectivity index (χ3n) is 3.79. The molecule has 2 N–H and O–H groups in total. The van der Waals surface area contributed by atoms with E-state index in [1.54, 1.807) is 11.3 Å². The minimum Gasteiger partial charge on any atom is -0.357 e. The zero-order chi connectivity index (χ0) is 13.7. The van der Waals surface area contributed by atoms with Crippen LogP contribution in [0.5, 0.6) is 0 Å². The van der Waals surface area contributed by atoms with Gasteiger partial charge in [-0.3, -0.25) is 0 Å². The van der Waals surface area contributed by atoms with Gasteiger partial charge in [0.05, 0.1) is 10.4 Å². The normalized spacial score (nSPS) is 18.4. The summed E-state index contributed by atoms with van der Waals surface area (Å²) in [5, 5.41) is 5.59. The molecule has 2 nitrogen and oxygen atoms in total. The monoisotopic (exact) mass is 322 g/mol. The van der Waals surface area contributed by atoms with E-state index in [1.165, 1.54) is 21.5 Å². The summed E-state index contributed by atoms with van der Waals surface area (Å²) >= 11 is 13.8. The van der Waals surface area contributed by atoms with Gasteiger partial charge in [-0.25, -0.2) is 0 Å². The second kappa shape index (κ2) is 4.78. The molecule has 1 unspecified atom stereocenters. The highest BCUT2D eigenvalue weighted by Crippen LogP contribution is 2.37. The van der Waals surface area contributed by atoms with Gasteiger partial charge in [0.1, 0.15) is 0 Å². The first kappa shape index (κ1) is 12.7. The van der Waals surface area contributed by atoms with Gasteiger partial charge in [-0.2, -0.15) is 0 Å². The Balaban J connectivity index is 1.90.